The van der Waals surface area contributed by atoms with Crippen molar-refractivity contribution in [2.45, 2.75) is 63.3 Å². The maximum Gasteiger partial charge on any atom is 0.352 e. The fourth-order valence-corrected chi connectivity index (χ4v) is 8.69. The van der Waals surface area contributed by atoms with E-state index < -0.39 is 58.6 Å². The van der Waals surface area contributed by atoms with Gasteiger partial charge >= 0.3 is 11.9 Å². The second-order valence-corrected chi connectivity index (χ2v) is 13.4. The van der Waals surface area contributed by atoms with Crippen molar-refractivity contribution in [2.75, 3.05) is 6.61 Å². The van der Waals surface area contributed by atoms with E-state index in [0.29, 0.717) is 36.3 Å². The molecule has 0 aromatic heterocycles. The highest BCUT2D eigenvalue weighted by molar-refractivity contribution is 6.32. The van der Waals surface area contributed by atoms with Crippen LogP contribution in [0.25, 0.3) is 0 Å². The van der Waals surface area contributed by atoms with Gasteiger partial charge in [0, 0.05) is 22.8 Å². The Morgan fingerprint density at radius 3 is 2.52 bits per heavy atom. The van der Waals surface area contributed by atoms with Crippen molar-refractivity contribution in [3.63, 3.8) is 0 Å². The van der Waals surface area contributed by atoms with Gasteiger partial charge in [0.2, 0.25) is 5.60 Å². The molecule has 4 aliphatic carbocycles. The SMILES string of the molecule is C[C@]12C=CC(=O)C=C1CC[C@H]1[C@@H]3CC[C@@](OC(=O)c4ccc(Oc5ccc(O)c(Cl)c5)cc4)(C(=O)OCC#N)[C@@]3(C)C[C@H](O)C12F. The number of alkyl halides is 1. The molecule has 0 bridgehead atoms. The number of fused-ring (bicyclic) bond motifs is 5. The largest absolute Gasteiger partial charge is 0.506 e. The van der Waals surface area contributed by atoms with Crippen LogP contribution in [0.3, 0.4) is 0 Å². The zero-order valence-electron chi connectivity index (χ0n) is 25.3. The molecule has 1 unspecified atom stereocenters. The Morgan fingerprint density at radius 2 is 1.83 bits per heavy atom. The monoisotopic (exact) mass is 649 g/mol. The van der Waals surface area contributed by atoms with Crippen LogP contribution in [0.5, 0.6) is 17.2 Å². The van der Waals surface area contributed by atoms with Gasteiger partial charge in [0.05, 0.1) is 16.7 Å². The van der Waals surface area contributed by atoms with Crippen molar-refractivity contribution in [2.24, 2.45) is 22.7 Å². The summed E-state index contributed by atoms with van der Waals surface area (Å²) in [5, 5.41) is 30.6. The number of ketones is 1. The van der Waals surface area contributed by atoms with Crippen LogP contribution in [0.4, 0.5) is 4.39 Å². The van der Waals surface area contributed by atoms with Crippen molar-refractivity contribution in [1.82, 2.24) is 0 Å². The highest BCUT2D eigenvalue weighted by Crippen LogP contribution is 2.70. The summed E-state index contributed by atoms with van der Waals surface area (Å²) in [6.45, 7) is 2.85. The number of allylic oxidation sites excluding steroid dienone is 4. The topological polar surface area (TPSA) is 143 Å². The summed E-state index contributed by atoms with van der Waals surface area (Å²) in [6.07, 6.45) is 3.67. The number of aliphatic hydroxyl groups is 1. The lowest BCUT2D eigenvalue weighted by molar-refractivity contribution is -0.224. The highest BCUT2D eigenvalue weighted by Gasteiger charge is 2.76. The molecule has 9 nitrogen and oxygen atoms in total. The van der Waals surface area contributed by atoms with E-state index >= 15 is 4.39 Å². The van der Waals surface area contributed by atoms with Crippen LogP contribution < -0.4 is 4.74 Å². The molecule has 7 atom stereocenters. The first-order valence-electron chi connectivity index (χ1n) is 15.1. The van der Waals surface area contributed by atoms with E-state index in [1.807, 2.05) is 0 Å². The Kier molecular flexibility index (Phi) is 7.77. The molecule has 2 aromatic rings. The molecule has 0 spiro atoms. The molecule has 2 aromatic carbocycles. The molecule has 11 heteroatoms. The van der Waals surface area contributed by atoms with Crippen LogP contribution in [0, 0.1) is 34.0 Å². The predicted octanol–water partition coefficient (Wildman–Crippen LogP) is 6.17. The third-order valence-electron chi connectivity index (χ3n) is 10.9. The van der Waals surface area contributed by atoms with Gasteiger partial charge in [0.25, 0.3) is 0 Å². The van der Waals surface area contributed by atoms with Crippen LogP contribution in [0.15, 0.2) is 66.3 Å². The van der Waals surface area contributed by atoms with E-state index in [1.54, 1.807) is 26.0 Å². The summed E-state index contributed by atoms with van der Waals surface area (Å²) < 4.78 is 34.7. The van der Waals surface area contributed by atoms with Gasteiger partial charge in [-0.2, -0.15) is 5.26 Å². The van der Waals surface area contributed by atoms with Crippen molar-refractivity contribution in [3.05, 3.63) is 76.9 Å². The summed E-state index contributed by atoms with van der Waals surface area (Å²) in [7, 11) is 0. The zero-order valence-corrected chi connectivity index (χ0v) is 26.1. The average molecular weight is 650 g/mol. The number of aliphatic hydroxyl groups excluding tert-OH is 1. The number of halogens is 2. The molecule has 240 valence electrons. The zero-order chi connectivity index (χ0) is 33.1. The molecule has 4 aliphatic rings. The van der Waals surface area contributed by atoms with Crippen molar-refractivity contribution < 1.29 is 43.2 Å². The van der Waals surface area contributed by atoms with Gasteiger partial charge in [0.15, 0.2) is 18.1 Å². The molecule has 0 amide bonds. The smallest absolute Gasteiger partial charge is 0.352 e. The van der Waals surface area contributed by atoms with Crippen LogP contribution in [-0.2, 0) is 19.1 Å². The maximum atomic E-state index is 17.5. The first-order chi connectivity index (χ1) is 21.8. The third-order valence-corrected chi connectivity index (χ3v) is 11.2. The number of carbonyl (C=O) groups excluding carboxylic acids is 3. The van der Waals surface area contributed by atoms with Gasteiger partial charge in [-0.15, -0.1) is 0 Å². The highest BCUT2D eigenvalue weighted by atomic mass is 35.5. The number of phenolic OH excluding ortho intramolecular Hbond substituents is 1. The summed E-state index contributed by atoms with van der Waals surface area (Å²) >= 11 is 5.95. The second kappa shape index (κ2) is 11.2. The number of phenols is 1. The van der Waals surface area contributed by atoms with E-state index in [4.69, 9.17) is 31.1 Å². The number of carbonyl (C=O) groups is 3. The minimum Gasteiger partial charge on any atom is -0.506 e. The number of ether oxygens (including phenoxy) is 3. The Labute approximate surface area is 270 Å². The molecular formula is C35H33ClFNO8. The van der Waals surface area contributed by atoms with Crippen LogP contribution in [0.2, 0.25) is 5.02 Å². The minimum absolute atomic E-state index is 0.0139. The van der Waals surface area contributed by atoms with E-state index in [1.165, 1.54) is 54.6 Å². The molecule has 0 aliphatic heterocycles. The number of rotatable bonds is 6. The number of hydrogen-bond acceptors (Lipinski definition) is 9. The van der Waals surface area contributed by atoms with E-state index in [0.717, 1.165) is 0 Å². The van der Waals surface area contributed by atoms with Crippen molar-refractivity contribution in [1.29, 1.82) is 5.26 Å². The fourth-order valence-electron chi connectivity index (χ4n) is 8.52. The Bertz CT molecular complexity index is 1720. The standard InChI is InChI=1S/C35H33ClFNO8/c1-32-13-11-22(39)17-21(32)5-9-26-25-12-14-34(31(43)44-16-15-38,33(25,2)19-29(41)35(26,32)37)46-30(42)20-3-6-23(7-4-20)45-24-8-10-28(40)27(36)18-24/h3-4,6-8,10-11,13,17-18,25-26,29,40-41H,5,9,12,14,16,19H2,1-2H3/t25-,26-,29-,32-,33-,34+,35?/m0/s1. The number of aromatic hydroxyl groups is 1. The summed E-state index contributed by atoms with van der Waals surface area (Å²) in [5.41, 5.74) is -5.76. The molecule has 3 fully saturated rings. The normalized spacial score (nSPS) is 34.3. The number of hydrogen-bond donors (Lipinski definition) is 2. The van der Waals surface area contributed by atoms with Gasteiger partial charge in [-0.3, -0.25) is 4.79 Å². The Balaban J connectivity index is 1.31. The summed E-state index contributed by atoms with van der Waals surface area (Å²) in [4.78, 5) is 39.6. The molecule has 3 saturated carbocycles. The van der Waals surface area contributed by atoms with Crippen molar-refractivity contribution >= 4 is 29.3 Å². The second-order valence-electron chi connectivity index (χ2n) is 13.0. The van der Waals surface area contributed by atoms with Gasteiger partial charge in [0.1, 0.15) is 23.3 Å². The molecule has 0 saturated heterocycles. The molecule has 2 N–H and O–H groups in total. The van der Waals surface area contributed by atoms with Gasteiger partial charge in [-0.1, -0.05) is 30.2 Å². The molecule has 6 rings (SSSR count). The lowest BCUT2D eigenvalue weighted by Gasteiger charge is -2.62. The number of benzene rings is 2. The minimum atomic E-state index is -2.13. The van der Waals surface area contributed by atoms with E-state index in [2.05, 4.69) is 0 Å². The number of esters is 2. The summed E-state index contributed by atoms with van der Waals surface area (Å²) in [6, 6.07) is 12.1. The lowest BCUT2D eigenvalue weighted by atomic mass is 9.45. The quantitative estimate of drug-likeness (QED) is 0.351. The Hall–Kier alpha value is -4.20. The van der Waals surface area contributed by atoms with E-state index in [-0.39, 0.29) is 35.0 Å². The third kappa shape index (κ3) is 4.63. The van der Waals surface area contributed by atoms with Gasteiger partial charge < -0.3 is 24.4 Å². The average Bonchev–Trinajstić information content (AvgIpc) is 3.31. The first-order valence-corrected chi connectivity index (χ1v) is 15.5. The molecular weight excluding hydrogens is 617 g/mol. The predicted molar refractivity (Wildman–Crippen MR) is 163 cm³/mol. The molecule has 46 heavy (non-hydrogen) atoms. The van der Waals surface area contributed by atoms with Gasteiger partial charge in [-0.25, -0.2) is 14.0 Å². The van der Waals surface area contributed by atoms with Crippen LogP contribution >= 0.6 is 11.6 Å². The van der Waals surface area contributed by atoms with Crippen LogP contribution in [0.1, 0.15) is 56.3 Å². The molecule has 0 heterocycles. The molecule has 0 radical (unpaired) electrons. The van der Waals surface area contributed by atoms with Gasteiger partial charge in [-0.05, 0) is 93.5 Å². The Morgan fingerprint density at radius 1 is 1.11 bits per heavy atom. The van der Waals surface area contributed by atoms with Crippen molar-refractivity contribution in [3.8, 4) is 23.3 Å². The maximum absolute atomic E-state index is 17.5. The summed E-state index contributed by atoms with van der Waals surface area (Å²) in [5.74, 6) is -2.55. The number of nitriles is 1. The van der Waals surface area contributed by atoms with Crippen LogP contribution in [-0.4, -0.2) is 51.9 Å². The van der Waals surface area contributed by atoms with E-state index in [9.17, 15) is 24.6 Å². The first kappa shape index (κ1) is 31.8. The fraction of sp³-hybridized carbons (Fsp3) is 0.429. The number of nitrogens with zero attached hydrogens (tertiary/aromatic N) is 1. The lowest BCUT2D eigenvalue weighted by Crippen LogP contribution is -2.69.